The van der Waals surface area contributed by atoms with Crippen LogP contribution in [0, 0.1) is 0 Å². The molecule has 3 unspecified atom stereocenters. The standard InChI is InChI=1S/C6H11NO7/c7-5(12)3(10)1(8)2(9)4(11)6(13)14/h1-4,8-11H,(H2,7,12)(H,13,14)/t1?,2?,3?,4-/m1/s1. The van der Waals surface area contributed by atoms with Crippen molar-refractivity contribution in [3.05, 3.63) is 0 Å². The van der Waals surface area contributed by atoms with Gasteiger partial charge in [0.1, 0.15) is 12.2 Å². The zero-order valence-corrected chi connectivity index (χ0v) is 6.94. The number of nitrogens with two attached hydrogens (primary N) is 1. The number of carbonyl (C=O) groups is 2. The van der Waals surface area contributed by atoms with Crippen molar-refractivity contribution >= 4 is 11.9 Å². The fraction of sp³-hybridized carbons (Fsp3) is 0.667. The molecule has 0 aromatic heterocycles. The summed E-state index contributed by atoms with van der Waals surface area (Å²) in [6.45, 7) is 0. The van der Waals surface area contributed by atoms with Crippen molar-refractivity contribution in [3.63, 3.8) is 0 Å². The first-order valence-electron chi connectivity index (χ1n) is 3.53. The van der Waals surface area contributed by atoms with Crippen LogP contribution in [-0.2, 0) is 9.59 Å². The highest BCUT2D eigenvalue weighted by molar-refractivity contribution is 5.79. The van der Waals surface area contributed by atoms with Gasteiger partial charge in [0, 0.05) is 0 Å². The van der Waals surface area contributed by atoms with Gasteiger partial charge in [0.05, 0.1) is 0 Å². The largest absolute Gasteiger partial charge is 0.479 e. The molecule has 0 bridgehead atoms. The SMILES string of the molecule is NC(=O)C(O)C(O)C(O)[C@@H](O)C(=O)O. The van der Waals surface area contributed by atoms with E-state index in [1.807, 2.05) is 0 Å². The number of hydrogen-bond donors (Lipinski definition) is 6. The summed E-state index contributed by atoms with van der Waals surface area (Å²) in [4.78, 5) is 20.4. The maximum absolute atomic E-state index is 10.3. The topological polar surface area (TPSA) is 161 Å². The molecule has 4 atom stereocenters. The van der Waals surface area contributed by atoms with Gasteiger partial charge in [0.25, 0.3) is 0 Å². The van der Waals surface area contributed by atoms with E-state index < -0.39 is 36.3 Å². The first-order valence-corrected chi connectivity index (χ1v) is 3.53. The monoisotopic (exact) mass is 209 g/mol. The zero-order chi connectivity index (χ0) is 11.5. The minimum atomic E-state index is -2.31. The van der Waals surface area contributed by atoms with Crippen LogP contribution in [0.15, 0.2) is 0 Å². The van der Waals surface area contributed by atoms with Crippen LogP contribution in [0.25, 0.3) is 0 Å². The van der Waals surface area contributed by atoms with Gasteiger partial charge in [-0.2, -0.15) is 0 Å². The van der Waals surface area contributed by atoms with Gasteiger partial charge in [0.2, 0.25) is 5.91 Å². The molecule has 14 heavy (non-hydrogen) atoms. The number of carboxylic acids is 1. The van der Waals surface area contributed by atoms with Crippen molar-refractivity contribution in [2.45, 2.75) is 24.4 Å². The summed E-state index contributed by atoms with van der Waals surface area (Å²) >= 11 is 0. The number of rotatable bonds is 5. The van der Waals surface area contributed by atoms with Gasteiger partial charge in [-0.3, -0.25) is 4.79 Å². The summed E-state index contributed by atoms with van der Waals surface area (Å²) in [5.74, 6) is -3.14. The van der Waals surface area contributed by atoms with Crippen LogP contribution in [0.3, 0.4) is 0 Å². The van der Waals surface area contributed by atoms with Crippen LogP contribution >= 0.6 is 0 Å². The number of primary amides is 1. The maximum Gasteiger partial charge on any atom is 0.335 e. The number of carbonyl (C=O) groups excluding carboxylic acids is 1. The summed E-state index contributed by atoms with van der Waals surface area (Å²) in [5.41, 5.74) is 4.56. The van der Waals surface area contributed by atoms with Gasteiger partial charge in [-0.25, -0.2) is 4.79 Å². The Morgan fingerprint density at radius 2 is 1.29 bits per heavy atom. The highest BCUT2D eigenvalue weighted by Crippen LogP contribution is 2.05. The van der Waals surface area contributed by atoms with Gasteiger partial charge in [0.15, 0.2) is 12.2 Å². The zero-order valence-electron chi connectivity index (χ0n) is 6.94. The molecule has 0 aliphatic heterocycles. The van der Waals surface area contributed by atoms with Gasteiger partial charge < -0.3 is 31.3 Å². The van der Waals surface area contributed by atoms with E-state index in [9.17, 15) is 9.59 Å². The lowest BCUT2D eigenvalue weighted by atomic mass is 10.0. The lowest BCUT2D eigenvalue weighted by Gasteiger charge is -2.22. The summed E-state index contributed by atoms with van der Waals surface area (Å²) in [7, 11) is 0. The summed E-state index contributed by atoms with van der Waals surface area (Å²) < 4.78 is 0. The Bertz CT molecular complexity index is 206. The molecule has 8 nitrogen and oxygen atoms in total. The number of aliphatic hydroxyl groups is 4. The van der Waals surface area contributed by atoms with Crippen molar-refractivity contribution in [2.75, 3.05) is 0 Å². The third-order valence-corrected chi connectivity index (χ3v) is 1.54. The summed E-state index contributed by atoms with van der Waals surface area (Å²) in [5, 5.41) is 43.6. The number of amides is 1. The first-order chi connectivity index (χ1) is 6.29. The second kappa shape index (κ2) is 4.86. The molecule has 0 aromatic carbocycles. The van der Waals surface area contributed by atoms with E-state index in [1.165, 1.54) is 0 Å². The molecule has 0 aromatic rings. The first kappa shape index (κ1) is 12.8. The van der Waals surface area contributed by atoms with Crippen LogP contribution in [0.5, 0.6) is 0 Å². The number of aliphatic hydroxyl groups excluding tert-OH is 4. The fourth-order valence-electron chi connectivity index (χ4n) is 0.688. The molecule has 7 N–H and O–H groups in total. The van der Waals surface area contributed by atoms with Gasteiger partial charge in [-0.15, -0.1) is 0 Å². The highest BCUT2D eigenvalue weighted by atomic mass is 16.4. The maximum atomic E-state index is 10.3. The van der Waals surface area contributed by atoms with Gasteiger partial charge >= 0.3 is 5.97 Å². The number of aliphatic carboxylic acids is 1. The average molecular weight is 209 g/mol. The van der Waals surface area contributed by atoms with Crippen molar-refractivity contribution in [1.82, 2.24) is 0 Å². The van der Waals surface area contributed by atoms with Gasteiger partial charge in [-0.05, 0) is 0 Å². The quantitative estimate of drug-likeness (QED) is 0.269. The minimum Gasteiger partial charge on any atom is -0.479 e. The Morgan fingerprint density at radius 1 is 0.929 bits per heavy atom. The molecule has 0 saturated carbocycles. The molecular weight excluding hydrogens is 198 g/mol. The molecular formula is C6H11NO7. The molecule has 0 heterocycles. The summed E-state index contributed by atoms with van der Waals surface area (Å²) in [6, 6.07) is 0. The van der Waals surface area contributed by atoms with Crippen molar-refractivity contribution in [2.24, 2.45) is 5.73 Å². The lowest BCUT2D eigenvalue weighted by molar-refractivity contribution is -0.165. The van der Waals surface area contributed by atoms with E-state index >= 15 is 0 Å². The molecule has 0 rings (SSSR count). The van der Waals surface area contributed by atoms with Crippen LogP contribution in [0.2, 0.25) is 0 Å². The van der Waals surface area contributed by atoms with Crippen molar-refractivity contribution in [3.8, 4) is 0 Å². The Kier molecular flexibility index (Phi) is 4.44. The Hall–Kier alpha value is -1.22. The van der Waals surface area contributed by atoms with Crippen LogP contribution in [0.1, 0.15) is 0 Å². The molecule has 0 aliphatic carbocycles. The molecule has 1 amide bonds. The van der Waals surface area contributed by atoms with Crippen LogP contribution in [-0.4, -0.2) is 61.8 Å². The molecule has 0 radical (unpaired) electrons. The van der Waals surface area contributed by atoms with E-state index in [0.29, 0.717) is 0 Å². The second-order valence-electron chi connectivity index (χ2n) is 2.61. The Labute approximate surface area is 78.2 Å². The van der Waals surface area contributed by atoms with E-state index in [1.54, 1.807) is 0 Å². The molecule has 0 saturated heterocycles. The average Bonchev–Trinajstić information content (AvgIpc) is 2.12. The predicted octanol–water partition coefficient (Wildman–Crippen LogP) is -4.00. The second-order valence-corrected chi connectivity index (χ2v) is 2.61. The predicted molar refractivity (Wildman–Crippen MR) is 40.9 cm³/mol. The Morgan fingerprint density at radius 3 is 1.57 bits per heavy atom. The van der Waals surface area contributed by atoms with E-state index in [4.69, 9.17) is 25.5 Å². The third kappa shape index (κ3) is 2.92. The van der Waals surface area contributed by atoms with Crippen molar-refractivity contribution in [1.29, 1.82) is 0 Å². The van der Waals surface area contributed by atoms with Gasteiger partial charge in [-0.1, -0.05) is 0 Å². The molecule has 82 valence electrons. The minimum absolute atomic E-state index is 1.34. The van der Waals surface area contributed by atoms with E-state index in [-0.39, 0.29) is 0 Å². The van der Waals surface area contributed by atoms with E-state index in [2.05, 4.69) is 5.73 Å². The molecule has 8 heteroatoms. The van der Waals surface area contributed by atoms with Crippen molar-refractivity contribution < 1.29 is 35.1 Å². The van der Waals surface area contributed by atoms with Crippen LogP contribution < -0.4 is 5.73 Å². The Balaban J connectivity index is 4.45. The third-order valence-electron chi connectivity index (χ3n) is 1.54. The number of hydrogen-bond acceptors (Lipinski definition) is 6. The molecule has 0 spiro atoms. The fourth-order valence-corrected chi connectivity index (χ4v) is 0.688. The lowest BCUT2D eigenvalue weighted by Crippen LogP contribution is -2.51. The molecule has 0 aliphatic rings. The number of carboxylic acid groups (broad SMARTS) is 1. The molecule has 0 fully saturated rings. The highest BCUT2D eigenvalue weighted by Gasteiger charge is 2.36. The smallest absolute Gasteiger partial charge is 0.335 e. The van der Waals surface area contributed by atoms with Crippen LogP contribution in [0.4, 0.5) is 0 Å². The summed E-state index contributed by atoms with van der Waals surface area (Å²) in [6.07, 6.45) is -8.80. The normalized spacial score (nSPS) is 19.4. The van der Waals surface area contributed by atoms with E-state index in [0.717, 1.165) is 0 Å².